The summed E-state index contributed by atoms with van der Waals surface area (Å²) in [5, 5.41) is 0. The average molecular weight is 440 g/mol. The maximum atomic E-state index is 13.3. The van der Waals surface area contributed by atoms with Gasteiger partial charge in [0.15, 0.2) is 17.3 Å². The number of nitrogens with zero attached hydrogens (tertiary/aromatic N) is 3. The second-order valence-electron chi connectivity index (χ2n) is 9.09. The fourth-order valence-corrected chi connectivity index (χ4v) is 5.13. The van der Waals surface area contributed by atoms with Gasteiger partial charge in [0.1, 0.15) is 0 Å². The number of Topliss-reactive ketones (excluding diaryl/α,β-unsaturated/α-hetero) is 1. The molecule has 0 unspecified atom stereocenters. The van der Waals surface area contributed by atoms with Crippen LogP contribution in [0.1, 0.15) is 60.2 Å². The normalized spacial score (nSPS) is 18.0. The van der Waals surface area contributed by atoms with Gasteiger partial charge >= 0.3 is 0 Å². The Bertz CT molecular complexity index is 1020. The number of ether oxygens (including phenoxy) is 2. The van der Waals surface area contributed by atoms with Gasteiger partial charge in [-0.25, -0.2) is 0 Å². The number of piperidine rings is 1. The van der Waals surface area contributed by atoms with Gasteiger partial charge in [0.2, 0.25) is 0 Å². The molecule has 2 aliphatic rings. The maximum absolute atomic E-state index is 13.3. The highest BCUT2D eigenvalue weighted by molar-refractivity contribution is 5.95. The van der Waals surface area contributed by atoms with Gasteiger partial charge in [0.05, 0.1) is 24.4 Å². The number of rotatable bonds is 5. The van der Waals surface area contributed by atoms with E-state index in [1.165, 1.54) is 5.69 Å². The summed E-state index contributed by atoms with van der Waals surface area (Å²) < 4.78 is 13.4. The summed E-state index contributed by atoms with van der Waals surface area (Å²) in [6.07, 6.45) is 1.70. The number of methoxy groups -OCH3 is 1. The first-order chi connectivity index (χ1) is 15.3. The smallest absolute Gasteiger partial charge is 0.253 e. The predicted molar refractivity (Wildman–Crippen MR) is 123 cm³/mol. The fraction of sp³-hybridized carbons (Fsp3) is 0.520. The van der Waals surface area contributed by atoms with Crippen LogP contribution in [-0.4, -0.2) is 66.0 Å². The zero-order valence-corrected chi connectivity index (χ0v) is 19.7. The lowest BCUT2D eigenvalue weighted by Crippen LogP contribution is -2.56. The minimum absolute atomic E-state index is 0.00696. The lowest BCUT2D eigenvalue weighted by atomic mass is 9.81. The quantitative estimate of drug-likeness (QED) is 0.667. The van der Waals surface area contributed by atoms with E-state index in [0.717, 1.165) is 31.6 Å². The molecule has 0 N–H and O–H groups in total. The van der Waals surface area contributed by atoms with E-state index in [0.29, 0.717) is 30.2 Å². The largest absolute Gasteiger partial charge is 0.493 e. The molecule has 1 saturated heterocycles. The maximum Gasteiger partial charge on any atom is 0.253 e. The molecule has 1 spiro atoms. The van der Waals surface area contributed by atoms with Gasteiger partial charge < -0.3 is 18.9 Å². The van der Waals surface area contributed by atoms with Crippen LogP contribution >= 0.6 is 0 Å². The van der Waals surface area contributed by atoms with Gasteiger partial charge in [-0.05, 0) is 64.1 Å². The summed E-state index contributed by atoms with van der Waals surface area (Å²) in [5.41, 5.74) is 2.44. The van der Waals surface area contributed by atoms with Crippen LogP contribution in [0, 0.1) is 0 Å². The van der Waals surface area contributed by atoms with Gasteiger partial charge in [-0.15, -0.1) is 0 Å². The molecule has 0 bridgehead atoms. The van der Waals surface area contributed by atoms with Gasteiger partial charge in [-0.3, -0.25) is 14.5 Å². The van der Waals surface area contributed by atoms with Crippen LogP contribution in [0.25, 0.3) is 0 Å². The highest BCUT2D eigenvalue weighted by atomic mass is 16.5. The Hall–Kier alpha value is -2.80. The number of carbonyl (C=O) groups excluding carboxylic acids is 2. The van der Waals surface area contributed by atoms with Crippen LogP contribution < -0.4 is 9.47 Å². The lowest BCUT2D eigenvalue weighted by molar-refractivity contribution is 0.0128. The first-order valence-corrected chi connectivity index (χ1v) is 11.3. The molecule has 0 aliphatic carbocycles. The van der Waals surface area contributed by atoms with Crippen LogP contribution in [-0.2, 0) is 12.1 Å². The molecule has 1 amide bonds. The summed E-state index contributed by atoms with van der Waals surface area (Å²) >= 11 is 0. The molecule has 2 aliphatic heterocycles. The first-order valence-electron chi connectivity index (χ1n) is 11.3. The van der Waals surface area contributed by atoms with Crippen LogP contribution in [0.15, 0.2) is 30.3 Å². The number of likely N-dealkylation sites (N-methyl/N-ethyl adjacent to an activating group) is 1. The third-order valence-corrected chi connectivity index (χ3v) is 6.86. The molecule has 1 aromatic carbocycles. The van der Waals surface area contributed by atoms with Gasteiger partial charge in [-0.2, -0.15) is 0 Å². The zero-order chi connectivity index (χ0) is 23.0. The van der Waals surface area contributed by atoms with Crippen LogP contribution in [0.2, 0.25) is 0 Å². The molecule has 1 fully saturated rings. The Balaban J connectivity index is 1.53. The van der Waals surface area contributed by atoms with Crippen molar-refractivity contribution in [2.24, 2.45) is 0 Å². The fourth-order valence-electron chi connectivity index (χ4n) is 5.13. The predicted octanol–water partition coefficient (Wildman–Crippen LogP) is 3.56. The van der Waals surface area contributed by atoms with Crippen molar-refractivity contribution in [1.82, 2.24) is 14.4 Å². The van der Waals surface area contributed by atoms with Crippen LogP contribution in [0.4, 0.5) is 0 Å². The van der Waals surface area contributed by atoms with E-state index >= 15 is 0 Å². The van der Waals surface area contributed by atoms with Crippen molar-refractivity contribution < 1.29 is 19.1 Å². The number of amides is 1. The molecule has 0 radical (unpaired) electrons. The molecule has 2 aromatic rings. The van der Waals surface area contributed by atoms with E-state index in [2.05, 4.69) is 22.6 Å². The van der Waals surface area contributed by atoms with Crippen molar-refractivity contribution >= 4 is 11.7 Å². The molecule has 1 aromatic heterocycles. The van der Waals surface area contributed by atoms with Crippen molar-refractivity contribution in [2.45, 2.75) is 51.8 Å². The molecule has 0 atom stereocenters. The molecule has 32 heavy (non-hydrogen) atoms. The molecule has 7 nitrogen and oxygen atoms in total. The van der Waals surface area contributed by atoms with Crippen molar-refractivity contribution in [2.75, 3.05) is 33.8 Å². The third-order valence-electron chi connectivity index (χ3n) is 6.86. The van der Waals surface area contributed by atoms with E-state index in [-0.39, 0.29) is 23.3 Å². The number of aromatic nitrogens is 1. The molecule has 4 rings (SSSR count). The monoisotopic (exact) mass is 439 g/mol. The molecule has 172 valence electrons. The van der Waals surface area contributed by atoms with E-state index in [9.17, 15) is 9.59 Å². The topological polar surface area (TPSA) is 64.0 Å². The van der Waals surface area contributed by atoms with Crippen molar-refractivity contribution in [3.8, 4) is 11.5 Å². The molecule has 3 heterocycles. The highest BCUT2D eigenvalue weighted by Crippen LogP contribution is 2.42. The minimum atomic E-state index is -0.143. The summed E-state index contributed by atoms with van der Waals surface area (Å²) in [6, 6.07) is 9.43. The molecule has 7 heteroatoms. The number of hydrogen-bond donors (Lipinski definition) is 0. The molecular formula is C25H33N3O4. The Morgan fingerprint density at radius 3 is 2.34 bits per heavy atom. The van der Waals surface area contributed by atoms with Crippen LogP contribution in [0.5, 0.6) is 11.5 Å². The minimum Gasteiger partial charge on any atom is -0.493 e. The summed E-state index contributed by atoms with van der Waals surface area (Å²) in [6.45, 7) is 8.58. The highest BCUT2D eigenvalue weighted by Gasteiger charge is 2.45. The van der Waals surface area contributed by atoms with E-state index in [4.69, 9.17) is 9.47 Å². The lowest BCUT2D eigenvalue weighted by Gasteiger charge is -2.50. The number of carbonyl (C=O) groups is 2. The van der Waals surface area contributed by atoms with Crippen molar-refractivity contribution in [3.05, 3.63) is 47.3 Å². The second-order valence-corrected chi connectivity index (χ2v) is 9.09. The van der Waals surface area contributed by atoms with E-state index < -0.39 is 0 Å². The van der Waals surface area contributed by atoms with Crippen LogP contribution in [0.3, 0.4) is 0 Å². The standard InChI is InChI=1S/C25H33N3O4/c1-17(2)32-21-8-6-19(16-22(21)31-5)24(30)27-12-10-25(11-13-27)23-9-7-20(18(3)29)28(23)15-14-26(25)4/h6-9,16-17H,10-15H2,1-5H3. The molecular weight excluding hydrogens is 406 g/mol. The Morgan fingerprint density at radius 2 is 1.72 bits per heavy atom. The Morgan fingerprint density at radius 1 is 1.00 bits per heavy atom. The van der Waals surface area contributed by atoms with Gasteiger partial charge in [-0.1, -0.05) is 0 Å². The van der Waals surface area contributed by atoms with E-state index in [1.807, 2.05) is 36.9 Å². The molecule has 0 saturated carbocycles. The summed E-state index contributed by atoms with van der Waals surface area (Å²) in [4.78, 5) is 29.6. The first kappa shape index (κ1) is 22.4. The van der Waals surface area contributed by atoms with Gasteiger partial charge in [0, 0.05) is 44.4 Å². The zero-order valence-electron chi connectivity index (χ0n) is 19.7. The van der Waals surface area contributed by atoms with Gasteiger partial charge in [0.25, 0.3) is 5.91 Å². The van der Waals surface area contributed by atoms with E-state index in [1.54, 1.807) is 20.1 Å². The Labute approximate surface area is 189 Å². The van der Waals surface area contributed by atoms with Crippen molar-refractivity contribution in [3.63, 3.8) is 0 Å². The average Bonchev–Trinajstić information content (AvgIpc) is 3.22. The second kappa shape index (κ2) is 8.62. The third kappa shape index (κ3) is 3.79. The number of benzene rings is 1. The number of likely N-dealkylation sites (tertiary alicyclic amines) is 1. The number of fused-ring (bicyclic) bond motifs is 2. The summed E-state index contributed by atoms with van der Waals surface area (Å²) in [7, 11) is 3.74. The Kier molecular flexibility index (Phi) is 6.03. The SMILES string of the molecule is COc1cc(C(=O)N2CCC3(CC2)c2ccc(C(C)=O)n2CCN3C)ccc1OC(C)C. The number of ketones is 1. The van der Waals surface area contributed by atoms with Crippen molar-refractivity contribution in [1.29, 1.82) is 0 Å². The summed E-state index contributed by atoms with van der Waals surface area (Å²) in [5.74, 6) is 1.32. The number of hydrogen-bond acceptors (Lipinski definition) is 5.